The minimum atomic E-state index is -0.428. The van der Waals surface area contributed by atoms with E-state index in [0.717, 1.165) is 35.0 Å². The van der Waals surface area contributed by atoms with Crippen molar-refractivity contribution in [1.82, 2.24) is 4.98 Å². The fourth-order valence-electron chi connectivity index (χ4n) is 4.79. The fraction of sp³-hybridized carbons (Fsp3) is 0.423. The van der Waals surface area contributed by atoms with Crippen LogP contribution in [0.25, 0.3) is 10.9 Å². The Hall–Kier alpha value is -2.75. The number of aromatic amines is 1. The van der Waals surface area contributed by atoms with Gasteiger partial charge in [-0.3, -0.25) is 5.32 Å². The van der Waals surface area contributed by atoms with Crippen molar-refractivity contribution >= 4 is 22.7 Å². The number of aromatic nitrogens is 1. The first-order valence-corrected chi connectivity index (χ1v) is 10.8. The maximum atomic E-state index is 12.6. The number of fused-ring (bicyclic) bond motifs is 3. The molecule has 2 N–H and O–H groups in total. The number of rotatable bonds is 4. The van der Waals surface area contributed by atoms with Crippen LogP contribution in [-0.2, 0) is 22.2 Å². The number of hydrogen-bond acceptors (Lipinski definition) is 2. The van der Waals surface area contributed by atoms with Crippen LogP contribution in [-0.4, -0.2) is 11.1 Å². The lowest BCUT2D eigenvalue weighted by atomic mass is 9.58. The molecule has 1 aliphatic carbocycles. The fourth-order valence-corrected chi connectivity index (χ4v) is 4.79. The van der Waals surface area contributed by atoms with E-state index < -0.39 is 6.09 Å². The Kier molecular flexibility index (Phi) is 5.13. The summed E-state index contributed by atoms with van der Waals surface area (Å²) < 4.78 is 5.48. The number of amides is 1. The average Bonchev–Trinajstić information content (AvgIpc) is 3.20. The summed E-state index contributed by atoms with van der Waals surface area (Å²) >= 11 is 0. The van der Waals surface area contributed by atoms with Crippen molar-refractivity contribution in [1.29, 1.82) is 0 Å². The second-order valence-electron chi connectivity index (χ2n) is 9.76. The van der Waals surface area contributed by atoms with Crippen molar-refractivity contribution in [2.45, 2.75) is 64.9 Å². The van der Waals surface area contributed by atoms with Crippen molar-refractivity contribution in [3.8, 4) is 0 Å². The van der Waals surface area contributed by atoms with Gasteiger partial charge in [0.15, 0.2) is 0 Å². The first-order valence-electron chi connectivity index (χ1n) is 10.8. The lowest BCUT2D eigenvalue weighted by Gasteiger charge is -2.46. The molecule has 0 aliphatic heterocycles. The number of anilines is 1. The molecular weight excluding hydrogens is 372 g/mol. The van der Waals surface area contributed by atoms with Crippen LogP contribution in [0.1, 0.15) is 64.2 Å². The van der Waals surface area contributed by atoms with Gasteiger partial charge in [-0.1, -0.05) is 65.0 Å². The van der Waals surface area contributed by atoms with Crippen molar-refractivity contribution in [2.75, 3.05) is 5.32 Å². The Morgan fingerprint density at radius 1 is 1.13 bits per heavy atom. The lowest BCUT2D eigenvalue weighted by Crippen LogP contribution is -2.39. The second-order valence-corrected chi connectivity index (χ2v) is 9.76. The molecule has 158 valence electrons. The smallest absolute Gasteiger partial charge is 0.411 e. The van der Waals surface area contributed by atoms with Crippen LogP contribution in [0.15, 0.2) is 48.7 Å². The van der Waals surface area contributed by atoms with Crippen molar-refractivity contribution in [3.63, 3.8) is 0 Å². The summed E-state index contributed by atoms with van der Waals surface area (Å²) in [5.74, 6) is 0.498. The molecular formula is C26H32N2O2. The van der Waals surface area contributed by atoms with Crippen molar-refractivity contribution in [2.24, 2.45) is 5.92 Å². The number of carbonyl (C=O) groups excluding carboxylic acids is 1. The van der Waals surface area contributed by atoms with E-state index in [1.807, 2.05) is 42.6 Å². The van der Waals surface area contributed by atoms with E-state index in [2.05, 4.69) is 51.0 Å². The molecule has 3 aromatic rings. The molecule has 1 aliphatic rings. The quantitative estimate of drug-likeness (QED) is 0.497. The molecule has 4 heteroatoms. The van der Waals surface area contributed by atoms with Crippen LogP contribution in [0, 0.1) is 5.92 Å². The van der Waals surface area contributed by atoms with Gasteiger partial charge >= 0.3 is 6.09 Å². The molecule has 0 fully saturated rings. The molecule has 2 aromatic carbocycles. The Morgan fingerprint density at radius 3 is 2.57 bits per heavy atom. The Labute approximate surface area is 179 Å². The first kappa shape index (κ1) is 20.5. The molecule has 0 saturated heterocycles. The third kappa shape index (κ3) is 3.49. The minimum Gasteiger partial charge on any atom is -0.444 e. The summed E-state index contributed by atoms with van der Waals surface area (Å²) in [6.45, 7) is 11.9. The molecule has 0 spiro atoms. The zero-order valence-corrected chi connectivity index (χ0v) is 18.6. The van der Waals surface area contributed by atoms with Gasteiger partial charge in [-0.25, -0.2) is 4.79 Å². The van der Waals surface area contributed by atoms with Crippen LogP contribution in [0.3, 0.4) is 0 Å². The van der Waals surface area contributed by atoms with Gasteiger partial charge in [-0.15, -0.1) is 0 Å². The highest BCUT2D eigenvalue weighted by atomic mass is 16.5. The topological polar surface area (TPSA) is 54.1 Å². The van der Waals surface area contributed by atoms with Gasteiger partial charge in [0.25, 0.3) is 0 Å². The van der Waals surface area contributed by atoms with E-state index in [9.17, 15) is 4.79 Å². The Morgan fingerprint density at radius 2 is 1.87 bits per heavy atom. The monoisotopic (exact) mass is 404 g/mol. The van der Waals surface area contributed by atoms with Gasteiger partial charge in [0, 0.05) is 11.6 Å². The predicted molar refractivity (Wildman–Crippen MR) is 123 cm³/mol. The van der Waals surface area contributed by atoms with Crippen LogP contribution in [0.5, 0.6) is 0 Å². The molecule has 1 unspecified atom stereocenters. The SMILES string of the molecule is CC(C)C1(C)CCC(C)(C)c2c1cc(NC(=O)OCc1ccccc1)c1cc[nH]c21. The van der Waals surface area contributed by atoms with Gasteiger partial charge in [0.05, 0.1) is 11.2 Å². The number of ether oxygens (including phenoxy) is 1. The number of benzene rings is 2. The summed E-state index contributed by atoms with van der Waals surface area (Å²) in [5, 5.41) is 4.05. The lowest BCUT2D eigenvalue weighted by molar-refractivity contribution is 0.155. The molecule has 30 heavy (non-hydrogen) atoms. The van der Waals surface area contributed by atoms with Gasteiger partial charge in [0.1, 0.15) is 6.61 Å². The summed E-state index contributed by atoms with van der Waals surface area (Å²) in [4.78, 5) is 16.1. The van der Waals surface area contributed by atoms with Crippen LogP contribution in [0.2, 0.25) is 0 Å². The molecule has 4 rings (SSSR count). The Balaban J connectivity index is 1.71. The highest BCUT2D eigenvalue weighted by molar-refractivity contribution is 6.01. The van der Waals surface area contributed by atoms with E-state index in [4.69, 9.17) is 4.74 Å². The van der Waals surface area contributed by atoms with Crippen LogP contribution >= 0.6 is 0 Å². The highest BCUT2D eigenvalue weighted by Crippen LogP contribution is 2.52. The highest BCUT2D eigenvalue weighted by Gasteiger charge is 2.43. The molecule has 1 atom stereocenters. The van der Waals surface area contributed by atoms with E-state index in [1.165, 1.54) is 11.1 Å². The summed E-state index contributed by atoms with van der Waals surface area (Å²) in [6, 6.07) is 14.0. The van der Waals surface area contributed by atoms with Crippen molar-refractivity contribution < 1.29 is 9.53 Å². The third-order valence-electron chi connectivity index (χ3n) is 7.13. The van der Waals surface area contributed by atoms with E-state index in [0.29, 0.717) is 5.92 Å². The molecule has 1 heterocycles. The zero-order chi connectivity index (χ0) is 21.5. The van der Waals surface area contributed by atoms with E-state index >= 15 is 0 Å². The summed E-state index contributed by atoms with van der Waals surface area (Å²) in [7, 11) is 0. The molecule has 4 nitrogen and oxygen atoms in total. The Bertz CT molecular complexity index is 1070. The molecule has 1 amide bonds. The third-order valence-corrected chi connectivity index (χ3v) is 7.13. The number of hydrogen-bond donors (Lipinski definition) is 2. The van der Waals surface area contributed by atoms with Gasteiger partial charge in [-0.05, 0) is 58.4 Å². The molecule has 0 radical (unpaired) electrons. The average molecular weight is 405 g/mol. The molecule has 1 aromatic heterocycles. The van der Waals surface area contributed by atoms with Gasteiger partial charge in [-0.2, -0.15) is 0 Å². The number of nitrogens with one attached hydrogen (secondary N) is 2. The predicted octanol–water partition coefficient (Wildman–Crippen LogP) is 6.90. The van der Waals surface area contributed by atoms with Crippen LogP contribution in [0.4, 0.5) is 10.5 Å². The molecule has 0 bridgehead atoms. The summed E-state index contributed by atoms with van der Waals surface area (Å²) in [6.07, 6.45) is 3.81. The second kappa shape index (κ2) is 7.50. The van der Waals surface area contributed by atoms with E-state index in [-0.39, 0.29) is 17.4 Å². The van der Waals surface area contributed by atoms with Gasteiger partial charge in [0.2, 0.25) is 0 Å². The number of H-pyrrole nitrogens is 1. The largest absolute Gasteiger partial charge is 0.444 e. The first-order chi connectivity index (χ1) is 14.2. The standard InChI is InChI=1S/C26H32N2O2/c1-17(2)26(5)13-12-25(3,4)22-20(26)15-21(19-11-14-27-23(19)22)28-24(29)30-16-18-9-7-6-8-10-18/h6-11,14-15,17,27H,12-13,16H2,1-5H3,(H,28,29). The maximum absolute atomic E-state index is 12.6. The summed E-state index contributed by atoms with van der Waals surface area (Å²) in [5.41, 5.74) is 5.78. The van der Waals surface area contributed by atoms with Gasteiger partial charge < -0.3 is 9.72 Å². The molecule has 0 saturated carbocycles. The van der Waals surface area contributed by atoms with Crippen molar-refractivity contribution in [3.05, 3.63) is 65.4 Å². The zero-order valence-electron chi connectivity index (χ0n) is 18.6. The normalized spacial score (nSPS) is 20.2. The van der Waals surface area contributed by atoms with E-state index in [1.54, 1.807) is 0 Å². The maximum Gasteiger partial charge on any atom is 0.411 e. The number of carbonyl (C=O) groups is 1. The van der Waals surface area contributed by atoms with Crippen LogP contribution < -0.4 is 5.32 Å². The minimum absolute atomic E-state index is 0.0640.